The first-order valence-corrected chi connectivity index (χ1v) is 5.13. The fourth-order valence-electron chi connectivity index (χ4n) is 1.72. The molecule has 0 amide bonds. The summed E-state index contributed by atoms with van der Waals surface area (Å²) in [6.07, 6.45) is 2.31. The number of nitrogens with one attached hydrogen (secondary N) is 1. The molecule has 2 aromatic rings. The van der Waals surface area contributed by atoms with Crippen LogP contribution in [0.5, 0.6) is 5.75 Å². The number of aromatic amines is 1. The van der Waals surface area contributed by atoms with Gasteiger partial charge < -0.3 is 15.8 Å². The summed E-state index contributed by atoms with van der Waals surface area (Å²) < 4.78 is 0. The number of aromatic nitrogens is 1. The molecule has 0 fully saturated rings. The largest absolute Gasteiger partial charge is 0.508 e. The van der Waals surface area contributed by atoms with Crippen LogP contribution in [0.1, 0.15) is 12.5 Å². The zero-order chi connectivity index (χ0) is 11.7. The summed E-state index contributed by atoms with van der Waals surface area (Å²) in [5, 5.41) is 10.3. The van der Waals surface area contributed by atoms with E-state index < -0.39 is 6.04 Å². The molecule has 0 saturated heterocycles. The molecule has 0 spiro atoms. The molecule has 1 heterocycles. The second-order valence-corrected chi connectivity index (χ2v) is 3.97. The average molecular weight is 218 g/mol. The van der Waals surface area contributed by atoms with Crippen molar-refractivity contribution in [2.45, 2.75) is 19.4 Å². The number of aromatic hydroxyl groups is 1. The molecule has 1 aromatic carbocycles. The molecule has 0 aliphatic heterocycles. The predicted molar refractivity (Wildman–Crippen MR) is 62.3 cm³/mol. The van der Waals surface area contributed by atoms with Crippen LogP contribution in [0.4, 0.5) is 0 Å². The lowest BCUT2D eigenvalue weighted by molar-refractivity contribution is -0.118. The Kier molecular flexibility index (Phi) is 2.66. The van der Waals surface area contributed by atoms with Crippen molar-refractivity contribution in [3.63, 3.8) is 0 Å². The van der Waals surface area contributed by atoms with E-state index in [1.165, 1.54) is 6.92 Å². The van der Waals surface area contributed by atoms with Crippen LogP contribution in [-0.2, 0) is 11.2 Å². The van der Waals surface area contributed by atoms with Gasteiger partial charge in [-0.05, 0) is 37.1 Å². The van der Waals surface area contributed by atoms with Gasteiger partial charge in [0.2, 0.25) is 0 Å². The molecule has 16 heavy (non-hydrogen) atoms. The maximum atomic E-state index is 11.1. The molecule has 0 saturated carbocycles. The van der Waals surface area contributed by atoms with Gasteiger partial charge in [0.25, 0.3) is 0 Å². The van der Waals surface area contributed by atoms with Gasteiger partial charge in [0.15, 0.2) is 0 Å². The van der Waals surface area contributed by atoms with Gasteiger partial charge in [-0.3, -0.25) is 4.79 Å². The molecule has 84 valence electrons. The van der Waals surface area contributed by atoms with Crippen molar-refractivity contribution in [1.82, 2.24) is 4.98 Å². The lowest BCUT2D eigenvalue weighted by atomic mass is 10.0. The van der Waals surface area contributed by atoms with Gasteiger partial charge in [0.1, 0.15) is 11.5 Å². The molecular weight excluding hydrogens is 204 g/mol. The van der Waals surface area contributed by atoms with Crippen molar-refractivity contribution < 1.29 is 9.90 Å². The molecule has 0 aliphatic rings. The Labute approximate surface area is 93.1 Å². The van der Waals surface area contributed by atoms with Gasteiger partial charge in [-0.1, -0.05) is 0 Å². The van der Waals surface area contributed by atoms with E-state index in [0.717, 1.165) is 16.5 Å². The number of hydrogen-bond acceptors (Lipinski definition) is 3. The fraction of sp³-hybridized carbons (Fsp3) is 0.250. The molecule has 0 unspecified atom stereocenters. The summed E-state index contributed by atoms with van der Waals surface area (Å²) in [5.41, 5.74) is 7.60. The lowest BCUT2D eigenvalue weighted by Crippen LogP contribution is -2.30. The van der Waals surface area contributed by atoms with E-state index >= 15 is 0 Å². The summed E-state index contributed by atoms with van der Waals surface area (Å²) in [7, 11) is 0. The van der Waals surface area contributed by atoms with Gasteiger partial charge >= 0.3 is 0 Å². The molecule has 2 rings (SSSR count). The molecule has 1 atom stereocenters. The van der Waals surface area contributed by atoms with Gasteiger partial charge in [-0.2, -0.15) is 0 Å². The minimum absolute atomic E-state index is 0.0329. The second kappa shape index (κ2) is 3.98. The molecule has 4 heteroatoms. The quantitative estimate of drug-likeness (QED) is 0.727. The van der Waals surface area contributed by atoms with E-state index in [1.54, 1.807) is 18.2 Å². The maximum Gasteiger partial charge on any atom is 0.146 e. The number of hydrogen-bond donors (Lipinski definition) is 3. The zero-order valence-electron chi connectivity index (χ0n) is 9.03. The van der Waals surface area contributed by atoms with Crippen molar-refractivity contribution >= 4 is 16.7 Å². The molecule has 4 N–H and O–H groups in total. The van der Waals surface area contributed by atoms with Crippen LogP contribution in [0.15, 0.2) is 24.4 Å². The van der Waals surface area contributed by atoms with E-state index in [-0.39, 0.29) is 11.5 Å². The number of rotatable bonds is 3. The number of benzene rings is 1. The van der Waals surface area contributed by atoms with Gasteiger partial charge in [0.05, 0.1) is 6.04 Å². The number of ketones is 1. The van der Waals surface area contributed by atoms with Crippen LogP contribution < -0.4 is 5.73 Å². The van der Waals surface area contributed by atoms with E-state index in [0.29, 0.717) is 6.42 Å². The molecule has 0 bridgehead atoms. The standard InChI is InChI=1S/C12H14N2O2/c1-7(15)11(13)4-8-6-14-12-3-2-9(16)5-10(8)12/h2-3,5-6,11,14,16H,4,13H2,1H3/t11-/m0/s1. The predicted octanol–water partition coefficient (Wildman–Crippen LogP) is 1.33. The third-order valence-electron chi connectivity index (χ3n) is 2.71. The Hall–Kier alpha value is -1.81. The van der Waals surface area contributed by atoms with Crippen molar-refractivity contribution in [2.24, 2.45) is 5.73 Å². The van der Waals surface area contributed by atoms with Gasteiger partial charge in [0, 0.05) is 17.1 Å². The van der Waals surface area contributed by atoms with Crippen molar-refractivity contribution in [2.75, 3.05) is 0 Å². The Bertz CT molecular complexity index is 531. The highest BCUT2D eigenvalue weighted by molar-refractivity contribution is 5.86. The number of phenols is 1. The smallest absolute Gasteiger partial charge is 0.146 e. The van der Waals surface area contributed by atoms with Crippen LogP contribution >= 0.6 is 0 Å². The highest BCUT2D eigenvalue weighted by Gasteiger charge is 2.12. The number of H-pyrrole nitrogens is 1. The van der Waals surface area contributed by atoms with E-state index in [1.807, 2.05) is 6.20 Å². The topological polar surface area (TPSA) is 79.1 Å². The molecular formula is C12H14N2O2. The zero-order valence-corrected chi connectivity index (χ0v) is 9.03. The summed E-state index contributed by atoms with van der Waals surface area (Å²) in [6, 6.07) is 4.61. The van der Waals surface area contributed by atoms with Gasteiger partial charge in [-0.15, -0.1) is 0 Å². The number of Topliss-reactive ketones (excluding diaryl/α,β-unsaturated/α-hetero) is 1. The SMILES string of the molecule is CC(=O)[C@@H](N)Cc1c[nH]c2ccc(O)cc12. The normalized spacial score (nSPS) is 12.9. The first-order chi connectivity index (χ1) is 7.58. The first-order valence-electron chi connectivity index (χ1n) is 5.13. The summed E-state index contributed by atoms with van der Waals surface area (Å²) in [5.74, 6) is 0.180. The monoisotopic (exact) mass is 218 g/mol. The van der Waals surface area contributed by atoms with E-state index in [4.69, 9.17) is 5.73 Å². The number of nitrogens with two attached hydrogens (primary N) is 1. The molecule has 0 aliphatic carbocycles. The third-order valence-corrected chi connectivity index (χ3v) is 2.71. The number of carbonyl (C=O) groups is 1. The second-order valence-electron chi connectivity index (χ2n) is 3.97. The Morgan fingerprint density at radius 3 is 3.00 bits per heavy atom. The van der Waals surface area contributed by atoms with Crippen LogP contribution in [0, 0.1) is 0 Å². The number of fused-ring (bicyclic) bond motifs is 1. The van der Waals surface area contributed by atoms with Crippen LogP contribution in [-0.4, -0.2) is 21.9 Å². The molecule has 1 aromatic heterocycles. The van der Waals surface area contributed by atoms with Crippen LogP contribution in [0.25, 0.3) is 10.9 Å². The maximum absolute atomic E-state index is 11.1. The summed E-state index contributed by atoms with van der Waals surface area (Å²) in [4.78, 5) is 14.2. The lowest BCUT2D eigenvalue weighted by Gasteiger charge is -2.06. The van der Waals surface area contributed by atoms with E-state index in [9.17, 15) is 9.90 Å². The Balaban J connectivity index is 2.37. The third kappa shape index (κ3) is 1.92. The number of phenolic OH excluding ortho intramolecular Hbond substituents is 1. The average Bonchev–Trinajstić information content (AvgIpc) is 2.61. The van der Waals surface area contributed by atoms with Crippen molar-refractivity contribution in [3.8, 4) is 5.75 Å². The summed E-state index contributed by atoms with van der Waals surface area (Å²) in [6.45, 7) is 1.48. The van der Waals surface area contributed by atoms with E-state index in [2.05, 4.69) is 4.98 Å². The van der Waals surface area contributed by atoms with Gasteiger partial charge in [-0.25, -0.2) is 0 Å². The number of carbonyl (C=O) groups excluding carboxylic acids is 1. The van der Waals surface area contributed by atoms with Crippen molar-refractivity contribution in [1.29, 1.82) is 0 Å². The fourth-order valence-corrected chi connectivity index (χ4v) is 1.72. The minimum atomic E-state index is -0.485. The first kappa shape index (κ1) is 10.7. The Morgan fingerprint density at radius 1 is 1.56 bits per heavy atom. The summed E-state index contributed by atoms with van der Waals surface area (Å²) >= 11 is 0. The highest BCUT2D eigenvalue weighted by atomic mass is 16.3. The van der Waals surface area contributed by atoms with Crippen LogP contribution in [0.2, 0.25) is 0 Å². The molecule has 4 nitrogen and oxygen atoms in total. The van der Waals surface area contributed by atoms with Crippen LogP contribution in [0.3, 0.4) is 0 Å². The Morgan fingerprint density at radius 2 is 2.31 bits per heavy atom. The van der Waals surface area contributed by atoms with Crippen molar-refractivity contribution in [3.05, 3.63) is 30.0 Å². The highest BCUT2D eigenvalue weighted by Crippen LogP contribution is 2.23. The minimum Gasteiger partial charge on any atom is -0.508 e. The molecule has 0 radical (unpaired) electrons.